The molecule has 0 bridgehead atoms. The first-order chi connectivity index (χ1) is 9.42. The molecular formula is C14H19N3O3. The summed E-state index contributed by atoms with van der Waals surface area (Å²) in [6, 6.07) is 3.40. The minimum atomic E-state index is -1.18. The molecule has 2 aromatic heterocycles. The SMILES string of the molecule is CCc1ccc(C(=O)NCC(C)(O)c2cnn(C)c2)o1. The zero-order chi connectivity index (χ0) is 14.8. The van der Waals surface area contributed by atoms with E-state index < -0.39 is 5.60 Å². The summed E-state index contributed by atoms with van der Waals surface area (Å²) in [6.07, 6.45) is 4.03. The van der Waals surface area contributed by atoms with Crippen LogP contribution in [-0.4, -0.2) is 27.3 Å². The minimum Gasteiger partial charge on any atom is -0.456 e. The first kappa shape index (κ1) is 14.3. The lowest BCUT2D eigenvalue weighted by molar-refractivity contribution is 0.0518. The zero-order valence-corrected chi connectivity index (χ0v) is 11.9. The minimum absolute atomic E-state index is 0.0830. The van der Waals surface area contributed by atoms with Crippen molar-refractivity contribution < 1.29 is 14.3 Å². The molecule has 1 amide bonds. The van der Waals surface area contributed by atoms with Crippen LogP contribution in [0.25, 0.3) is 0 Å². The van der Waals surface area contributed by atoms with Gasteiger partial charge in [0, 0.05) is 25.2 Å². The Morgan fingerprint density at radius 2 is 2.30 bits per heavy atom. The number of furan rings is 1. The van der Waals surface area contributed by atoms with E-state index in [4.69, 9.17) is 4.42 Å². The van der Waals surface area contributed by atoms with E-state index in [1.54, 1.807) is 43.2 Å². The van der Waals surface area contributed by atoms with Gasteiger partial charge in [0.25, 0.3) is 5.91 Å². The molecule has 1 unspecified atom stereocenters. The highest BCUT2D eigenvalue weighted by Crippen LogP contribution is 2.18. The summed E-state index contributed by atoms with van der Waals surface area (Å²) in [6.45, 7) is 3.66. The number of aromatic nitrogens is 2. The van der Waals surface area contributed by atoms with Gasteiger partial charge in [-0.3, -0.25) is 9.48 Å². The van der Waals surface area contributed by atoms with Gasteiger partial charge < -0.3 is 14.8 Å². The van der Waals surface area contributed by atoms with E-state index in [9.17, 15) is 9.90 Å². The molecule has 0 aliphatic heterocycles. The van der Waals surface area contributed by atoms with Crippen molar-refractivity contribution in [1.82, 2.24) is 15.1 Å². The van der Waals surface area contributed by atoms with Gasteiger partial charge in [-0.05, 0) is 19.1 Å². The van der Waals surface area contributed by atoms with Gasteiger partial charge in [0.1, 0.15) is 11.4 Å². The molecule has 1 atom stereocenters. The highest BCUT2D eigenvalue weighted by molar-refractivity contribution is 5.91. The van der Waals surface area contributed by atoms with Crippen molar-refractivity contribution in [2.75, 3.05) is 6.54 Å². The number of hydrogen-bond acceptors (Lipinski definition) is 4. The maximum Gasteiger partial charge on any atom is 0.287 e. The van der Waals surface area contributed by atoms with Crippen molar-refractivity contribution in [3.8, 4) is 0 Å². The Kier molecular flexibility index (Phi) is 3.94. The Balaban J connectivity index is 1.98. The number of aliphatic hydroxyl groups is 1. The number of aryl methyl sites for hydroxylation is 2. The summed E-state index contributed by atoms with van der Waals surface area (Å²) < 4.78 is 6.96. The predicted molar refractivity (Wildman–Crippen MR) is 73.2 cm³/mol. The molecule has 0 saturated carbocycles. The second kappa shape index (κ2) is 5.50. The van der Waals surface area contributed by atoms with Crippen molar-refractivity contribution in [3.63, 3.8) is 0 Å². The summed E-state index contributed by atoms with van der Waals surface area (Å²) in [5, 5.41) is 17.0. The topological polar surface area (TPSA) is 80.3 Å². The third-order valence-corrected chi connectivity index (χ3v) is 3.15. The third kappa shape index (κ3) is 3.08. The quantitative estimate of drug-likeness (QED) is 0.861. The van der Waals surface area contributed by atoms with E-state index in [-0.39, 0.29) is 18.2 Å². The van der Waals surface area contributed by atoms with E-state index in [0.29, 0.717) is 5.56 Å². The number of nitrogens with zero attached hydrogens (tertiary/aromatic N) is 2. The fourth-order valence-electron chi connectivity index (χ4n) is 1.83. The molecule has 6 nitrogen and oxygen atoms in total. The highest BCUT2D eigenvalue weighted by Gasteiger charge is 2.26. The summed E-state index contributed by atoms with van der Waals surface area (Å²) in [5.74, 6) is 0.673. The van der Waals surface area contributed by atoms with Crippen molar-refractivity contribution in [2.24, 2.45) is 7.05 Å². The smallest absolute Gasteiger partial charge is 0.287 e. The van der Waals surface area contributed by atoms with Crippen LogP contribution in [0, 0.1) is 0 Å². The van der Waals surface area contributed by atoms with Crippen LogP contribution in [0.5, 0.6) is 0 Å². The lowest BCUT2D eigenvalue weighted by Gasteiger charge is -2.21. The van der Waals surface area contributed by atoms with Gasteiger partial charge in [-0.1, -0.05) is 6.92 Å². The molecule has 2 rings (SSSR count). The van der Waals surface area contributed by atoms with Crippen molar-refractivity contribution in [3.05, 3.63) is 41.6 Å². The van der Waals surface area contributed by atoms with Crippen LogP contribution in [0.1, 0.15) is 35.7 Å². The van der Waals surface area contributed by atoms with Gasteiger partial charge in [0.15, 0.2) is 5.76 Å². The number of nitrogens with one attached hydrogen (secondary N) is 1. The van der Waals surface area contributed by atoms with Gasteiger partial charge >= 0.3 is 0 Å². The molecule has 0 spiro atoms. The van der Waals surface area contributed by atoms with Crippen LogP contribution in [-0.2, 0) is 19.1 Å². The molecule has 20 heavy (non-hydrogen) atoms. The normalized spacial score (nSPS) is 14.0. The maximum atomic E-state index is 11.9. The second-order valence-electron chi connectivity index (χ2n) is 4.98. The van der Waals surface area contributed by atoms with Gasteiger partial charge in [0.2, 0.25) is 0 Å². The highest BCUT2D eigenvalue weighted by atomic mass is 16.3. The van der Waals surface area contributed by atoms with Crippen LogP contribution in [0.2, 0.25) is 0 Å². The Morgan fingerprint density at radius 3 is 2.85 bits per heavy atom. The molecule has 0 fully saturated rings. The lowest BCUT2D eigenvalue weighted by Crippen LogP contribution is -2.38. The molecule has 0 saturated heterocycles. The Hall–Kier alpha value is -2.08. The number of amides is 1. The first-order valence-electron chi connectivity index (χ1n) is 6.51. The summed E-state index contributed by atoms with van der Waals surface area (Å²) in [4.78, 5) is 11.9. The van der Waals surface area contributed by atoms with Crippen molar-refractivity contribution in [2.45, 2.75) is 25.9 Å². The van der Waals surface area contributed by atoms with Gasteiger partial charge in [-0.2, -0.15) is 5.10 Å². The Labute approximate surface area is 117 Å². The molecule has 6 heteroatoms. The molecule has 2 N–H and O–H groups in total. The van der Waals surface area contributed by atoms with Crippen LogP contribution >= 0.6 is 0 Å². The second-order valence-corrected chi connectivity index (χ2v) is 4.98. The van der Waals surface area contributed by atoms with Crippen LogP contribution < -0.4 is 5.32 Å². The third-order valence-electron chi connectivity index (χ3n) is 3.15. The van der Waals surface area contributed by atoms with Gasteiger partial charge in [0.05, 0.1) is 12.7 Å². The fourth-order valence-corrected chi connectivity index (χ4v) is 1.83. The van der Waals surface area contributed by atoms with E-state index in [1.165, 1.54) is 0 Å². The number of hydrogen-bond donors (Lipinski definition) is 2. The number of carbonyl (C=O) groups excluding carboxylic acids is 1. The molecule has 2 heterocycles. The average Bonchev–Trinajstić information content (AvgIpc) is 3.04. The van der Waals surface area contributed by atoms with E-state index in [1.807, 2.05) is 6.92 Å². The largest absolute Gasteiger partial charge is 0.456 e. The Bertz CT molecular complexity index is 598. The van der Waals surface area contributed by atoms with Crippen LogP contribution in [0.4, 0.5) is 0 Å². The molecule has 0 aromatic carbocycles. The fraction of sp³-hybridized carbons (Fsp3) is 0.429. The summed E-state index contributed by atoms with van der Waals surface area (Å²) >= 11 is 0. The van der Waals surface area contributed by atoms with Gasteiger partial charge in [-0.25, -0.2) is 0 Å². The van der Waals surface area contributed by atoms with Crippen molar-refractivity contribution >= 4 is 5.91 Å². The molecule has 0 aliphatic carbocycles. The Morgan fingerprint density at radius 1 is 1.55 bits per heavy atom. The standard InChI is InChI=1S/C14H19N3O3/c1-4-11-5-6-12(20-11)13(18)15-9-14(2,19)10-7-16-17(3)8-10/h5-8,19H,4,9H2,1-3H3,(H,15,18). The average molecular weight is 277 g/mol. The maximum absolute atomic E-state index is 11.9. The molecule has 0 aliphatic rings. The number of carbonyl (C=O) groups is 1. The summed E-state index contributed by atoms with van der Waals surface area (Å²) in [7, 11) is 1.77. The predicted octanol–water partition coefficient (Wildman–Crippen LogP) is 1.21. The van der Waals surface area contributed by atoms with Gasteiger partial charge in [-0.15, -0.1) is 0 Å². The lowest BCUT2D eigenvalue weighted by atomic mass is 10.00. The number of rotatable bonds is 5. The van der Waals surface area contributed by atoms with Crippen LogP contribution in [0.3, 0.4) is 0 Å². The first-order valence-corrected chi connectivity index (χ1v) is 6.51. The summed E-state index contributed by atoms with van der Waals surface area (Å²) in [5.41, 5.74) is -0.529. The zero-order valence-electron chi connectivity index (χ0n) is 11.9. The molecule has 0 radical (unpaired) electrons. The van der Waals surface area contributed by atoms with E-state index >= 15 is 0 Å². The van der Waals surface area contributed by atoms with E-state index in [2.05, 4.69) is 10.4 Å². The van der Waals surface area contributed by atoms with Crippen molar-refractivity contribution in [1.29, 1.82) is 0 Å². The molecular weight excluding hydrogens is 258 g/mol. The van der Waals surface area contributed by atoms with Crippen LogP contribution in [0.15, 0.2) is 28.9 Å². The monoisotopic (exact) mass is 277 g/mol. The van der Waals surface area contributed by atoms with E-state index in [0.717, 1.165) is 12.2 Å². The molecule has 108 valence electrons. The molecule has 2 aromatic rings.